The summed E-state index contributed by atoms with van der Waals surface area (Å²) in [6, 6.07) is 19.6. The molecular formula is C47H57N9O6S. The van der Waals surface area contributed by atoms with Crippen molar-refractivity contribution >= 4 is 44.2 Å². The highest BCUT2D eigenvalue weighted by molar-refractivity contribution is 7.90. The number of pyridine rings is 2. The highest BCUT2D eigenvalue weighted by Crippen LogP contribution is 2.53. The molecule has 63 heavy (non-hydrogen) atoms. The molecule has 2 aliphatic carbocycles. The molecule has 1 spiro atoms. The van der Waals surface area contributed by atoms with Crippen LogP contribution >= 0.6 is 0 Å². The maximum Gasteiger partial charge on any atom is 0.312 e. The van der Waals surface area contributed by atoms with Crippen LogP contribution in [-0.2, 0) is 10.0 Å². The molecule has 9 rings (SSSR count). The lowest BCUT2D eigenvalue weighted by atomic mass is 9.59. The van der Waals surface area contributed by atoms with Crippen molar-refractivity contribution in [1.29, 1.82) is 0 Å². The van der Waals surface area contributed by atoms with Gasteiger partial charge in [-0.2, -0.15) is 0 Å². The predicted molar refractivity (Wildman–Crippen MR) is 243 cm³/mol. The van der Waals surface area contributed by atoms with Crippen LogP contribution in [0.15, 0.2) is 84.1 Å². The Morgan fingerprint density at radius 2 is 1.79 bits per heavy atom. The number of hydrogen-bond acceptors (Lipinski definition) is 12. The van der Waals surface area contributed by atoms with E-state index in [1.54, 1.807) is 30.6 Å². The van der Waals surface area contributed by atoms with E-state index in [4.69, 9.17) is 4.74 Å². The Morgan fingerprint density at radius 1 is 1.00 bits per heavy atom. The zero-order valence-electron chi connectivity index (χ0n) is 36.0. The molecule has 0 unspecified atom stereocenters. The minimum absolute atomic E-state index is 0.00710. The summed E-state index contributed by atoms with van der Waals surface area (Å²) in [5.74, 6) is 0.394. The molecule has 1 amide bonds. The number of aromatic amines is 1. The molecule has 2 saturated carbocycles. The summed E-state index contributed by atoms with van der Waals surface area (Å²) < 4.78 is 35.8. The van der Waals surface area contributed by atoms with E-state index in [9.17, 15) is 23.3 Å². The number of hydrogen-bond donors (Lipinski definition) is 4. The average Bonchev–Trinajstić information content (AvgIpc) is 3.76. The molecule has 5 aromatic rings. The van der Waals surface area contributed by atoms with E-state index in [1.807, 2.05) is 12.1 Å². The topological polar surface area (TPSA) is 188 Å². The fraction of sp³-hybridized carbons (Fsp3) is 0.468. The molecule has 0 bridgehead atoms. The van der Waals surface area contributed by atoms with Gasteiger partial charge in [0.1, 0.15) is 22.0 Å². The second kappa shape index (κ2) is 17.9. The fourth-order valence-electron chi connectivity index (χ4n) is 10.4. The van der Waals surface area contributed by atoms with Crippen LogP contribution in [0.4, 0.5) is 17.2 Å². The van der Waals surface area contributed by atoms with Gasteiger partial charge in [-0.25, -0.2) is 23.1 Å². The van der Waals surface area contributed by atoms with E-state index in [2.05, 4.69) is 78.2 Å². The van der Waals surface area contributed by atoms with Crippen LogP contribution in [0.1, 0.15) is 105 Å². The number of rotatable bonds is 13. The van der Waals surface area contributed by atoms with Gasteiger partial charge in [0.15, 0.2) is 0 Å². The van der Waals surface area contributed by atoms with Crippen molar-refractivity contribution in [1.82, 2.24) is 29.9 Å². The summed E-state index contributed by atoms with van der Waals surface area (Å²) in [7, 11) is -4.59. The number of carbonyl (C=O) groups is 1. The molecule has 3 aromatic heterocycles. The van der Waals surface area contributed by atoms with Crippen molar-refractivity contribution in [2.75, 3.05) is 49.5 Å². The van der Waals surface area contributed by atoms with Crippen LogP contribution in [0.5, 0.6) is 11.5 Å². The molecule has 332 valence electrons. The Kier molecular flexibility index (Phi) is 12.1. The molecule has 1 atom stereocenters. The standard InChI is InChI=1S/C47H57N9O6S/c1-31(2)38-10-6-7-11-39(38)42-30-48-18-21-55(42)35-25-47(26-35)15-19-54(20-16-47)34-12-13-40(43(23-34)62-36-22-33-14-17-49-44(33)51-28-36)46(57)53-63(60,61)37-24-41(56(58)59)45(52-29-37)50-27-32-8-4-3-5-9-32/h6-7,10-14,17,22-24,28-29,31-32,35,42,48H,3-5,8-9,15-16,18-21,25-27,30H2,1-2H3,(H,49,51)(H,50,52)(H,53,57)/t42-/m1/s1. The normalized spacial score (nSPS) is 19.9. The monoisotopic (exact) mass is 875 g/mol. The quantitative estimate of drug-likeness (QED) is 0.0656. The number of H-pyrrole nitrogens is 1. The third-order valence-electron chi connectivity index (χ3n) is 13.9. The van der Waals surface area contributed by atoms with Gasteiger partial charge < -0.3 is 25.3 Å². The van der Waals surface area contributed by atoms with Gasteiger partial charge in [0.25, 0.3) is 15.9 Å². The van der Waals surface area contributed by atoms with E-state index in [1.165, 1.54) is 30.4 Å². The number of anilines is 2. The molecule has 4 fully saturated rings. The predicted octanol–water partition coefficient (Wildman–Crippen LogP) is 8.29. The minimum atomic E-state index is -4.59. The number of nitro groups is 1. The number of nitrogens with one attached hydrogen (secondary N) is 4. The van der Waals surface area contributed by atoms with Gasteiger partial charge in [-0.15, -0.1) is 0 Å². The zero-order valence-corrected chi connectivity index (χ0v) is 36.8. The summed E-state index contributed by atoms with van der Waals surface area (Å²) in [5.41, 5.74) is 4.18. The van der Waals surface area contributed by atoms with Gasteiger partial charge in [0.05, 0.1) is 22.9 Å². The molecule has 4 N–H and O–H groups in total. The van der Waals surface area contributed by atoms with E-state index >= 15 is 0 Å². The number of piperidine rings is 1. The maximum atomic E-state index is 13.9. The lowest BCUT2D eigenvalue weighted by Crippen LogP contribution is -2.59. The van der Waals surface area contributed by atoms with Gasteiger partial charge in [-0.05, 0) is 91.2 Å². The number of piperazine rings is 1. The van der Waals surface area contributed by atoms with Crippen molar-refractivity contribution < 1.29 is 22.9 Å². The fourth-order valence-corrected chi connectivity index (χ4v) is 11.3. The van der Waals surface area contributed by atoms with Gasteiger partial charge >= 0.3 is 5.69 Å². The number of amides is 1. The van der Waals surface area contributed by atoms with E-state index in [0.717, 1.165) is 94.6 Å². The summed E-state index contributed by atoms with van der Waals surface area (Å²) in [5, 5.41) is 19.6. The Balaban J connectivity index is 0.905. The highest BCUT2D eigenvalue weighted by Gasteiger charge is 2.49. The lowest BCUT2D eigenvalue weighted by Gasteiger charge is -2.57. The molecule has 15 nitrogen and oxygen atoms in total. The number of nitrogens with zero attached hydrogens (tertiary/aromatic N) is 5. The number of sulfonamides is 1. The van der Waals surface area contributed by atoms with Crippen molar-refractivity contribution in [3.63, 3.8) is 0 Å². The summed E-state index contributed by atoms with van der Waals surface area (Å²) >= 11 is 0. The molecule has 0 radical (unpaired) electrons. The number of fused-ring (bicyclic) bond motifs is 1. The van der Waals surface area contributed by atoms with Crippen LogP contribution in [0.25, 0.3) is 11.0 Å². The summed E-state index contributed by atoms with van der Waals surface area (Å²) in [6.07, 6.45) is 14.2. The second-order valence-electron chi connectivity index (χ2n) is 18.3. The highest BCUT2D eigenvalue weighted by atomic mass is 32.2. The van der Waals surface area contributed by atoms with Crippen molar-refractivity contribution in [2.24, 2.45) is 11.3 Å². The third kappa shape index (κ3) is 9.11. The first-order chi connectivity index (χ1) is 30.4. The summed E-state index contributed by atoms with van der Waals surface area (Å²) in [6.45, 7) is 9.74. The molecule has 2 saturated heterocycles. The van der Waals surface area contributed by atoms with E-state index in [0.29, 0.717) is 41.9 Å². The first-order valence-corrected chi connectivity index (χ1v) is 23.9. The number of aromatic nitrogens is 3. The van der Waals surface area contributed by atoms with Crippen LogP contribution in [0, 0.1) is 21.4 Å². The molecule has 16 heteroatoms. The van der Waals surface area contributed by atoms with E-state index < -0.39 is 31.4 Å². The SMILES string of the molecule is CC(C)c1ccccc1[C@H]1CNCCN1C1CC2(CCN(c3ccc(C(=O)NS(=O)(=O)c4cnc(NCC5CCCCC5)c([N+](=O)[O-])c4)c(Oc4cnc5[nH]ccc5c4)c3)CC2)C1. The van der Waals surface area contributed by atoms with E-state index in [-0.39, 0.29) is 22.5 Å². The maximum absolute atomic E-state index is 13.9. The second-order valence-corrected chi connectivity index (χ2v) is 20.0. The number of benzene rings is 2. The van der Waals surface area contributed by atoms with Crippen molar-refractivity contribution in [3.8, 4) is 11.5 Å². The average molecular weight is 876 g/mol. The largest absolute Gasteiger partial charge is 0.455 e. The van der Waals surface area contributed by atoms with Gasteiger partial charge in [0, 0.05) is 80.8 Å². The Bertz CT molecular complexity index is 2580. The Hall–Kier alpha value is -5.58. The van der Waals surface area contributed by atoms with Gasteiger partial charge in [-0.3, -0.25) is 19.8 Å². The van der Waals surface area contributed by atoms with Gasteiger partial charge in [-0.1, -0.05) is 57.4 Å². The van der Waals surface area contributed by atoms with Crippen LogP contribution in [0.3, 0.4) is 0 Å². The smallest absolute Gasteiger partial charge is 0.312 e. The van der Waals surface area contributed by atoms with Crippen molar-refractivity contribution in [3.05, 3.63) is 106 Å². The first kappa shape index (κ1) is 42.7. The number of carbonyl (C=O) groups excluding carboxylic acids is 1. The minimum Gasteiger partial charge on any atom is -0.455 e. The van der Waals surface area contributed by atoms with Crippen molar-refractivity contribution in [2.45, 2.75) is 94.5 Å². The van der Waals surface area contributed by atoms with Crippen LogP contribution < -0.4 is 25.0 Å². The molecular weight excluding hydrogens is 819 g/mol. The molecule has 2 aromatic carbocycles. The first-order valence-electron chi connectivity index (χ1n) is 22.5. The van der Waals surface area contributed by atoms with Crippen LogP contribution in [-0.4, -0.2) is 84.4 Å². The summed E-state index contributed by atoms with van der Waals surface area (Å²) in [4.78, 5) is 41.5. The van der Waals surface area contributed by atoms with Crippen LogP contribution in [0.2, 0.25) is 0 Å². The van der Waals surface area contributed by atoms with Gasteiger partial charge in [0.2, 0.25) is 5.82 Å². The molecule has 5 heterocycles. The molecule has 4 aliphatic rings. The lowest BCUT2D eigenvalue weighted by molar-refractivity contribution is -0.384. The Labute approximate surface area is 368 Å². The zero-order chi connectivity index (χ0) is 43.7. The Morgan fingerprint density at radius 3 is 2.57 bits per heavy atom. The molecule has 2 aliphatic heterocycles. The number of ether oxygens (including phenoxy) is 1. The third-order valence-corrected chi connectivity index (χ3v) is 15.2.